The van der Waals surface area contributed by atoms with Gasteiger partial charge in [-0.05, 0) is 74.4 Å². The van der Waals surface area contributed by atoms with E-state index in [0.29, 0.717) is 11.7 Å². The van der Waals surface area contributed by atoms with Gasteiger partial charge >= 0.3 is 0 Å². The zero-order valence-corrected chi connectivity index (χ0v) is 18.8. The van der Waals surface area contributed by atoms with E-state index in [1.807, 2.05) is 31.2 Å². The number of methoxy groups -OCH3 is 1. The Morgan fingerprint density at radius 3 is 2.71 bits per heavy atom. The van der Waals surface area contributed by atoms with E-state index in [1.54, 1.807) is 25.4 Å². The lowest BCUT2D eigenvalue weighted by atomic mass is 9.96. The molecule has 1 aromatic carbocycles. The first-order chi connectivity index (χ1) is 15.0. The number of thiocarbonyl (C=S) groups is 1. The molecule has 4 rings (SSSR count). The van der Waals surface area contributed by atoms with E-state index in [0.717, 1.165) is 41.3 Å². The second-order valence-corrected chi connectivity index (χ2v) is 8.19. The quantitative estimate of drug-likeness (QED) is 0.430. The number of aromatic nitrogens is 2. The minimum absolute atomic E-state index is 0.0206. The largest absolute Gasteiger partial charge is 0.385 e. The zero-order valence-electron chi connectivity index (χ0n) is 18.0. The van der Waals surface area contributed by atoms with Crippen LogP contribution in [0.2, 0.25) is 0 Å². The van der Waals surface area contributed by atoms with Gasteiger partial charge in [0.15, 0.2) is 5.11 Å². The maximum Gasteiger partial charge on any atom is 0.170 e. The SMILES string of the molecule is COCCCN1C(=S)N[C@H](c2ccccn2)[C@H]1c1cc(C)n(-c2cccc(F)c2)c1C. The lowest BCUT2D eigenvalue weighted by Crippen LogP contribution is -2.31. The summed E-state index contributed by atoms with van der Waals surface area (Å²) in [5, 5.41) is 4.20. The van der Waals surface area contributed by atoms with Gasteiger partial charge in [-0.1, -0.05) is 12.1 Å². The molecule has 1 saturated heterocycles. The van der Waals surface area contributed by atoms with Gasteiger partial charge in [0.05, 0.1) is 17.8 Å². The highest BCUT2D eigenvalue weighted by molar-refractivity contribution is 7.80. The molecule has 2 atom stereocenters. The molecule has 0 unspecified atom stereocenters. The molecule has 0 aliphatic carbocycles. The van der Waals surface area contributed by atoms with Crippen LogP contribution in [0.1, 0.15) is 41.1 Å². The second kappa shape index (κ2) is 9.16. The molecule has 162 valence electrons. The number of benzene rings is 1. The Kier molecular flexibility index (Phi) is 6.34. The smallest absolute Gasteiger partial charge is 0.170 e. The summed E-state index contributed by atoms with van der Waals surface area (Å²) in [6.07, 6.45) is 2.67. The van der Waals surface area contributed by atoms with Gasteiger partial charge in [0.25, 0.3) is 0 Å². The number of rotatable bonds is 7. The first-order valence-corrected chi connectivity index (χ1v) is 10.8. The fourth-order valence-corrected chi connectivity index (χ4v) is 4.80. The molecule has 3 aromatic rings. The summed E-state index contributed by atoms with van der Waals surface area (Å²) in [6, 6.07) is 14.7. The summed E-state index contributed by atoms with van der Waals surface area (Å²) in [5.74, 6) is -0.247. The van der Waals surface area contributed by atoms with Gasteiger partial charge in [-0.25, -0.2) is 4.39 Å². The van der Waals surface area contributed by atoms with Crippen molar-refractivity contribution in [1.82, 2.24) is 19.8 Å². The van der Waals surface area contributed by atoms with Crippen molar-refractivity contribution in [2.75, 3.05) is 20.3 Å². The van der Waals surface area contributed by atoms with Crippen LogP contribution >= 0.6 is 12.2 Å². The third-order valence-electron chi connectivity index (χ3n) is 5.80. The standard InChI is InChI=1S/C24H27FN4OS/c1-16-14-20(17(2)29(16)19-9-6-8-18(25)15-19)23-22(21-10-4-5-11-26-21)27-24(31)28(23)12-7-13-30-3/h4-6,8-11,14-15,22-23H,7,12-13H2,1-3H3,(H,27,31)/t22-,23-/m1/s1. The van der Waals surface area contributed by atoms with E-state index >= 15 is 0 Å². The summed E-state index contributed by atoms with van der Waals surface area (Å²) in [6.45, 7) is 5.57. The Balaban J connectivity index is 1.79. The predicted octanol–water partition coefficient (Wildman–Crippen LogP) is 4.64. The van der Waals surface area contributed by atoms with Crippen LogP contribution in [0.3, 0.4) is 0 Å². The second-order valence-electron chi connectivity index (χ2n) is 7.81. The molecule has 1 fully saturated rings. The molecule has 7 heteroatoms. The van der Waals surface area contributed by atoms with Crippen molar-refractivity contribution in [2.24, 2.45) is 0 Å². The van der Waals surface area contributed by atoms with E-state index in [2.05, 4.69) is 32.8 Å². The number of nitrogens with one attached hydrogen (secondary N) is 1. The lowest BCUT2D eigenvalue weighted by Gasteiger charge is -2.28. The Morgan fingerprint density at radius 1 is 1.16 bits per heavy atom. The monoisotopic (exact) mass is 438 g/mol. The molecule has 31 heavy (non-hydrogen) atoms. The third-order valence-corrected chi connectivity index (χ3v) is 6.15. The van der Waals surface area contributed by atoms with E-state index in [4.69, 9.17) is 17.0 Å². The van der Waals surface area contributed by atoms with Crippen molar-refractivity contribution in [3.05, 3.63) is 83.2 Å². The predicted molar refractivity (Wildman–Crippen MR) is 124 cm³/mol. The van der Waals surface area contributed by atoms with Crippen molar-refractivity contribution in [3.8, 4) is 5.69 Å². The summed E-state index contributed by atoms with van der Waals surface area (Å²) in [5.41, 5.74) is 5.03. The van der Waals surface area contributed by atoms with Crippen LogP contribution < -0.4 is 5.32 Å². The van der Waals surface area contributed by atoms with E-state index in [-0.39, 0.29) is 17.9 Å². The molecular formula is C24H27FN4OS. The van der Waals surface area contributed by atoms with Gasteiger partial charge < -0.3 is 19.5 Å². The van der Waals surface area contributed by atoms with Gasteiger partial charge in [-0.15, -0.1) is 0 Å². The van der Waals surface area contributed by atoms with Gasteiger partial charge in [0, 0.05) is 43.5 Å². The molecule has 1 aliphatic rings. The first kappa shape index (κ1) is 21.5. The van der Waals surface area contributed by atoms with Crippen molar-refractivity contribution in [2.45, 2.75) is 32.4 Å². The van der Waals surface area contributed by atoms with Crippen LogP contribution in [0.15, 0.2) is 54.7 Å². The minimum Gasteiger partial charge on any atom is -0.385 e. The number of hydrogen-bond acceptors (Lipinski definition) is 3. The average molecular weight is 439 g/mol. The molecule has 1 aliphatic heterocycles. The minimum atomic E-state index is -0.247. The normalized spacial score (nSPS) is 18.5. The molecule has 1 N–H and O–H groups in total. The molecule has 0 radical (unpaired) electrons. The fourth-order valence-electron chi connectivity index (χ4n) is 4.46. The summed E-state index contributed by atoms with van der Waals surface area (Å²) in [4.78, 5) is 6.83. The van der Waals surface area contributed by atoms with Crippen LogP contribution in [0.4, 0.5) is 4.39 Å². The first-order valence-electron chi connectivity index (χ1n) is 10.4. The van der Waals surface area contributed by atoms with Crippen LogP contribution in [0.25, 0.3) is 5.69 Å². The van der Waals surface area contributed by atoms with Crippen molar-refractivity contribution < 1.29 is 9.13 Å². The number of halogens is 1. The van der Waals surface area contributed by atoms with Gasteiger partial charge in [0.2, 0.25) is 0 Å². The van der Waals surface area contributed by atoms with Crippen LogP contribution in [-0.2, 0) is 4.74 Å². The van der Waals surface area contributed by atoms with Crippen LogP contribution in [0, 0.1) is 19.7 Å². The maximum atomic E-state index is 13.9. The van der Waals surface area contributed by atoms with Crippen molar-refractivity contribution in [3.63, 3.8) is 0 Å². The van der Waals surface area contributed by atoms with Crippen LogP contribution in [0.5, 0.6) is 0 Å². The highest BCUT2D eigenvalue weighted by atomic mass is 32.1. The molecule has 3 heterocycles. The molecule has 2 aromatic heterocycles. The summed E-state index contributed by atoms with van der Waals surface area (Å²) < 4.78 is 21.3. The molecular weight excluding hydrogens is 411 g/mol. The Hall–Kier alpha value is -2.77. The highest BCUT2D eigenvalue weighted by Gasteiger charge is 2.41. The highest BCUT2D eigenvalue weighted by Crippen LogP contribution is 2.41. The molecule has 0 saturated carbocycles. The van der Waals surface area contributed by atoms with Crippen molar-refractivity contribution in [1.29, 1.82) is 0 Å². The van der Waals surface area contributed by atoms with E-state index in [1.165, 1.54) is 6.07 Å². The Morgan fingerprint density at radius 2 is 2.00 bits per heavy atom. The topological polar surface area (TPSA) is 42.3 Å². The Bertz CT molecular complexity index is 1070. The van der Waals surface area contributed by atoms with E-state index < -0.39 is 0 Å². The van der Waals surface area contributed by atoms with Crippen LogP contribution in [-0.4, -0.2) is 39.8 Å². The third kappa shape index (κ3) is 4.20. The zero-order chi connectivity index (χ0) is 22.0. The average Bonchev–Trinajstić information content (AvgIpc) is 3.24. The summed E-state index contributed by atoms with van der Waals surface area (Å²) in [7, 11) is 1.71. The van der Waals surface area contributed by atoms with E-state index in [9.17, 15) is 4.39 Å². The van der Waals surface area contributed by atoms with Gasteiger partial charge in [-0.2, -0.15) is 0 Å². The Labute approximate surface area is 187 Å². The molecule has 5 nitrogen and oxygen atoms in total. The number of pyridine rings is 1. The van der Waals surface area contributed by atoms with Gasteiger partial charge in [0.1, 0.15) is 5.82 Å². The number of hydrogen-bond donors (Lipinski definition) is 1. The number of ether oxygens (including phenoxy) is 1. The van der Waals surface area contributed by atoms with Gasteiger partial charge in [-0.3, -0.25) is 4.98 Å². The van der Waals surface area contributed by atoms with Crippen molar-refractivity contribution >= 4 is 17.3 Å². The fraction of sp³-hybridized carbons (Fsp3) is 0.333. The maximum absolute atomic E-state index is 13.9. The number of aryl methyl sites for hydroxylation is 1. The lowest BCUT2D eigenvalue weighted by molar-refractivity contribution is 0.180. The number of nitrogens with zero attached hydrogens (tertiary/aromatic N) is 3. The molecule has 0 amide bonds. The summed E-state index contributed by atoms with van der Waals surface area (Å²) >= 11 is 5.73. The molecule has 0 bridgehead atoms. The molecule has 0 spiro atoms.